The van der Waals surface area contributed by atoms with Crippen LogP contribution in [0.25, 0.3) is 10.8 Å². The van der Waals surface area contributed by atoms with Gasteiger partial charge in [-0.3, -0.25) is 4.98 Å². The molecule has 3 aromatic heterocycles. The second kappa shape index (κ2) is 6.62. The third-order valence-corrected chi connectivity index (χ3v) is 3.92. The maximum atomic E-state index is 10.0. The summed E-state index contributed by atoms with van der Waals surface area (Å²) in [7, 11) is 0. The Morgan fingerprint density at radius 3 is 2.90 bits per heavy atom. The number of hydrogen-bond acceptors (Lipinski definition) is 6. The van der Waals surface area contributed by atoms with Crippen molar-refractivity contribution >= 4 is 11.3 Å². The molecule has 0 amide bonds. The van der Waals surface area contributed by atoms with Gasteiger partial charge in [0.15, 0.2) is 10.8 Å². The molecule has 0 spiro atoms. The zero-order chi connectivity index (χ0) is 14.5. The smallest absolute Gasteiger partial charge is 0.162 e. The van der Waals surface area contributed by atoms with E-state index in [0.29, 0.717) is 13.1 Å². The minimum absolute atomic E-state index is 0.470. The number of hydrogen-bond donors (Lipinski definition) is 2. The van der Waals surface area contributed by atoms with Crippen molar-refractivity contribution in [1.82, 2.24) is 15.3 Å². The number of pyridine rings is 1. The van der Waals surface area contributed by atoms with Crippen LogP contribution in [0, 0.1) is 0 Å². The molecule has 0 saturated heterocycles. The van der Waals surface area contributed by atoms with Crippen molar-refractivity contribution in [2.75, 3.05) is 6.54 Å². The normalized spacial score (nSPS) is 12.4. The molecule has 0 aromatic carbocycles. The molecule has 3 heterocycles. The van der Waals surface area contributed by atoms with Crippen LogP contribution >= 0.6 is 11.3 Å². The van der Waals surface area contributed by atoms with Gasteiger partial charge in [0.2, 0.25) is 0 Å². The highest BCUT2D eigenvalue weighted by Crippen LogP contribution is 2.23. The largest absolute Gasteiger partial charge is 0.462 e. The maximum absolute atomic E-state index is 10.0. The Morgan fingerprint density at radius 2 is 2.14 bits per heavy atom. The molecule has 0 aliphatic heterocycles. The molecule has 0 fully saturated rings. The monoisotopic (exact) mass is 301 g/mol. The standard InChI is InChI=1S/C15H15N3O2S/c19-13(11-3-5-16-6-4-11)9-17-8-12-10-21-15(18-12)14-2-1-7-20-14/h1-7,10,13,17,19H,8-9H2. The summed E-state index contributed by atoms with van der Waals surface area (Å²) >= 11 is 1.55. The maximum Gasteiger partial charge on any atom is 0.162 e. The van der Waals surface area contributed by atoms with Crippen molar-refractivity contribution in [3.8, 4) is 10.8 Å². The Morgan fingerprint density at radius 1 is 1.29 bits per heavy atom. The van der Waals surface area contributed by atoms with Crippen LogP contribution in [0.2, 0.25) is 0 Å². The van der Waals surface area contributed by atoms with Crippen LogP contribution in [0.4, 0.5) is 0 Å². The first-order valence-electron chi connectivity index (χ1n) is 6.60. The Labute approximate surface area is 126 Å². The summed E-state index contributed by atoms with van der Waals surface area (Å²) in [6.45, 7) is 1.08. The molecule has 0 aliphatic rings. The summed E-state index contributed by atoms with van der Waals surface area (Å²) in [6, 6.07) is 7.36. The first kappa shape index (κ1) is 13.9. The summed E-state index contributed by atoms with van der Waals surface area (Å²) < 4.78 is 5.32. The van der Waals surface area contributed by atoms with Crippen LogP contribution in [-0.4, -0.2) is 21.6 Å². The van der Waals surface area contributed by atoms with Gasteiger partial charge in [-0.05, 0) is 29.8 Å². The van der Waals surface area contributed by atoms with Gasteiger partial charge in [0.25, 0.3) is 0 Å². The number of aromatic nitrogens is 2. The van der Waals surface area contributed by atoms with Crippen molar-refractivity contribution in [3.63, 3.8) is 0 Å². The van der Waals surface area contributed by atoms with Gasteiger partial charge in [0.1, 0.15) is 0 Å². The summed E-state index contributed by atoms with van der Waals surface area (Å²) in [5.74, 6) is 0.781. The van der Waals surface area contributed by atoms with Crippen LogP contribution in [0.15, 0.2) is 52.7 Å². The van der Waals surface area contributed by atoms with E-state index < -0.39 is 6.10 Å². The van der Waals surface area contributed by atoms with E-state index >= 15 is 0 Å². The lowest BCUT2D eigenvalue weighted by molar-refractivity contribution is 0.174. The average molecular weight is 301 g/mol. The van der Waals surface area contributed by atoms with Gasteiger partial charge < -0.3 is 14.8 Å². The molecular formula is C15H15N3O2S. The van der Waals surface area contributed by atoms with Gasteiger partial charge in [-0.1, -0.05) is 0 Å². The average Bonchev–Trinajstić information content (AvgIpc) is 3.19. The molecule has 1 unspecified atom stereocenters. The molecule has 0 radical (unpaired) electrons. The van der Waals surface area contributed by atoms with Crippen LogP contribution in [0.3, 0.4) is 0 Å². The molecule has 0 saturated carbocycles. The Hall–Kier alpha value is -2.02. The minimum Gasteiger partial charge on any atom is -0.462 e. The molecule has 108 valence electrons. The van der Waals surface area contributed by atoms with Crippen molar-refractivity contribution in [2.24, 2.45) is 0 Å². The van der Waals surface area contributed by atoms with Crippen LogP contribution in [0.1, 0.15) is 17.4 Å². The highest BCUT2D eigenvalue weighted by atomic mass is 32.1. The Kier molecular flexibility index (Phi) is 4.40. The second-order valence-electron chi connectivity index (χ2n) is 4.55. The van der Waals surface area contributed by atoms with Crippen molar-refractivity contribution < 1.29 is 9.52 Å². The number of nitrogens with one attached hydrogen (secondary N) is 1. The molecule has 6 heteroatoms. The van der Waals surface area contributed by atoms with Gasteiger partial charge in [-0.25, -0.2) is 4.98 Å². The van der Waals surface area contributed by atoms with E-state index in [4.69, 9.17) is 4.42 Å². The fourth-order valence-corrected chi connectivity index (χ4v) is 2.73. The summed E-state index contributed by atoms with van der Waals surface area (Å²) in [6.07, 6.45) is 4.44. The summed E-state index contributed by atoms with van der Waals surface area (Å²) in [4.78, 5) is 8.43. The van der Waals surface area contributed by atoms with Gasteiger partial charge >= 0.3 is 0 Å². The molecule has 0 bridgehead atoms. The van der Waals surface area contributed by atoms with Gasteiger partial charge in [-0.15, -0.1) is 11.3 Å². The second-order valence-corrected chi connectivity index (χ2v) is 5.41. The van der Waals surface area contributed by atoms with E-state index in [0.717, 1.165) is 22.0 Å². The Balaban J connectivity index is 1.52. The number of thiazole rings is 1. The van der Waals surface area contributed by atoms with E-state index in [1.165, 1.54) is 0 Å². The molecule has 3 aromatic rings. The number of rotatable bonds is 6. The molecule has 0 aliphatic carbocycles. The van der Waals surface area contributed by atoms with E-state index in [2.05, 4.69) is 15.3 Å². The minimum atomic E-state index is -0.545. The third-order valence-electron chi connectivity index (χ3n) is 3.02. The topological polar surface area (TPSA) is 71.2 Å². The number of aliphatic hydroxyl groups excluding tert-OH is 1. The quantitative estimate of drug-likeness (QED) is 0.732. The van der Waals surface area contributed by atoms with E-state index in [1.54, 1.807) is 30.0 Å². The van der Waals surface area contributed by atoms with Crippen LogP contribution < -0.4 is 5.32 Å². The molecule has 1 atom stereocenters. The number of nitrogens with zero attached hydrogens (tertiary/aromatic N) is 2. The van der Waals surface area contributed by atoms with Crippen molar-refractivity contribution in [2.45, 2.75) is 12.6 Å². The lowest BCUT2D eigenvalue weighted by Crippen LogP contribution is -2.21. The first-order chi connectivity index (χ1) is 10.3. The van der Waals surface area contributed by atoms with Crippen molar-refractivity contribution in [3.05, 3.63) is 59.6 Å². The fraction of sp³-hybridized carbons (Fsp3) is 0.200. The van der Waals surface area contributed by atoms with Crippen LogP contribution in [0.5, 0.6) is 0 Å². The van der Waals surface area contributed by atoms with E-state index in [9.17, 15) is 5.11 Å². The molecule has 3 rings (SSSR count). The summed E-state index contributed by atoms with van der Waals surface area (Å²) in [5, 5.41) is 16.1. The highest BCUT2D eigenvalue weighted by molar-refractivity contribution is 7.13. The van der Waals surface area contributed by atoms with E-state index in [-0.39, 0.29) is 0 Å². The fourth-order valence-electron chi connectivity index (χ4n) is 1.94. The molecule has 21 heavy (non-hydrogen) atoms. The predicted molar refractivity (Wildman–Crippen MR) is 80.7 cm³/mol. The summed E-state index contributed by atoms with van der Waals surface area (Å²) in [5.41, 5.74) is 1.79. The van der Waals surface area contributed by atoms with Crippen LogP contribution in [-0.2, 0) is 6.54 Å². The lowest BCUT2D eigenvalue weighted by Gasteiger charge is -2.11. The zero-order valence-corrected chi connectivity index (χ0v) is 12.1. The zero-order valence-electron chi connectivity index (χ0n) is 11.3. The number of furan rings is 1. The molecular weight excluding hydrogens is 286 g/mol. The third kappa shape index (κ3) is 3.55. The lowest BCUT2D eigenvalue weighted by atomic mass is 10.1. The van der Waals surface area contributed by atoms with Gasteiger partial charge in [-0.2, -0.15) is 0 Å². The SMILES string of the molecule is OC(CNCc1csc(-c2ccco2)n1)c1ccncc1. The van der Waals surface area contributed by atoms with Gasteiger partial charge in [0, 0.05) is 30.9 Å². The number of aliphatic hydroxyl groups is 1. The molecule has 2 N–H and O–H groups in total. The van der Waals surface area contributed by atoms with E-state index in [1.807, 2.05) is 29.6 Å². The predicted octanol–water partition coefficient (Wildman–Crippen LogP) is 2.62. The van der Waals surface area contributed by atoms with Gasteiger partial charge in [0.05, 0.1) is 18.1 Å². The molecule has 5 nitrogen and oxygen atoms in total. The Bertz CT molecular complexity index is 667. The van der Waals surface area contributed by atoms with Crippen molar-refractivity contribution in [1.29, 1.82) is 0 Å². The highest BCUT2D eigenvalue weighted by Gasteiger charge is 2.09. The first-order valence-corrected chi connectivity index (χ1v) is 7.48.